The van der Waals surface area contributed by atoms with Gasteiger partial charge in [0.2, 0.25) is 0 Å². The van der Waals surface area contributed by atoms with Crippen molar-refractivity contribution in [3.63, 3.8) is 0 Å². The summed E-state index contributed by atoms with van der Waals surface area (Å²) in [5.41, 5.74) is 4.42. The number of aromatic nitrogens is 1. The van der Waals surface area contributed by atoms with Crippen LogP contribution in [0.2, 0.25) is 5.15 Å². The van der Waals surface area contributed by atoms with Crippen molar-refractivity contribution in [2.24, 2.45) is 5.10 Å². The topological polar surface area (TPSA) is 72.8 Å². The molecular weight excluding hydrogens is 458 g/mol. The van der Waals surface area contributed by atoms with Crippen molar-refractivity contribution in [1.29, 1.82) is 0 Å². The number of hydrogen-bond acceptors (Lipinski definition) is 5. The second kappa shape index (κ2) is 10.0. The first kappa shape index (κ1) is 20.8. The highest BCUT2D eigenvalue weighted by Crippen LogP contribution is 2.33. The van der Waals surface area contributed by atoms with Gasteiger partial charge in [-0.05, 0) is 45.8 Å². The van der Waals surface area contributed by atoms with Crippen LogP contribution in [0.1, 0.15) is 21.5 Å². The Morgan fingerprint density at radius 2 is 2.00 bits per heavy atom. The van der Waals surface area contributed by atoms with Gasteiger partial charge in [0.05, 0.1) is 18.9 Å². The van der Waals surface area contributed by atoms with Crippen LogP contribution in [0.3, 0.4) is 0 Å². The molecule has 0 aliphatic rings. The minimum absolute atomic E-state index is 0.114. The number of rotatable bonds is 7. The fraction of sp³-hybridized carbons (Fsp3) is 0.0952. The quantitative estimate of drug-likeness (QED) is 0.302. The van der Waals surface area contributed by atoms with Crippen LogP contribution < -0.4 is 14.9 Å². The summed E-state index contributed by atoms with van der Waals surface area (Å²) in [4.78, 5) is 16.0. The molecule has 3 rings (SSSR count). The predicted octanol–water partition coefficient (Wildman–Crippen LogP) is 4.85. The molecule has 0 unspecified atom stereocenters. The molecule has 1 heterocycles. The van der Waals surface area contributed by atoms with Gasteiger partial charge in [0.15, 0.2) is 11.5 Å². The molecule has 2 aromatic carbocycles. The second-order valence-electron chi connectivity index (χ2n) is 5.84. The van der Waals surface area contributed by atoms with Gasteiger partial charge in [0.1, 0.15) is 11.8 Å². The molecule has 1 aromatic heterocycles. The van der Waals surface area contributed by atoms with E-state index >= 15 is 0 Å². The first-order chi connectivity index (χ1) is 14.1. The Morgan fingerprint density at radius 3 is 2.72 bits per heavy atom. The van der Waals surface area contributed by atoms with Gasteiger partial charge >= 0.3 is 0 Å². The van der Waals surface area contributed by atoms with Crippen LogP contribution in [-0.4, -0.2) is 24.2 Å². The van der Waals surface area contributed by atoms with E-state index in [-0.39, 0.29) is 10.7 Å². The molecule has 8 heteroatoms. The van der Waals surface area contributed by atoms with Gasteiger partial charge in [-0.1, -0.05) is 41.9 Å². The number of halogens is 2. The summed E-state index contributed by atoms with van der Waals surface area (Å²) in [5, 5.41) is 4.10. The molecule has 0 aliphatic heterocycles. The number of pyridine rings is 1. The van der Waals surface area contributed by atoms with Crippen LogP contribution in [0.5, 0.6) is 11.5 Å². The number of hydrazone groups is 1. The van der Waals surface area contributed by atoms with Crippen molar-refractivity contribution >= 4 is 39.7 Å². The number of methoxy groups -OCH3 is 1. The fourth-order valence-electron chi connectivity index (χ4n) is 2.43. The SMILES string of the molecule is COc1cc(C=NNC(=O)c2cccnc2Cl)c(Br)cc1OCc1ccccc1. The van der Waals surface area contributed by atoms with E-state index in [0.29, 0.717) is 23.7 Å². The van der Waals surface area contributed by atoms with E-state index in [9.17, 15) is 4.79 Å². The molecule has 0 saturated carbocycles. The van der Waals surface area contributed by atoms with Crippen LogP contribution in [0.25, 0.3) is 0 Å². The van der Waals surface area contributed by atoms with Gasteiger partial charge in [-0.25, -0.2) is 10.4 Å². The number of nitrogens with one attached hydrogen (secondary N) is 1. The van der Waals surface area contributed by atoms with Gasteiger partial charge in [-0.2, -0.15) is 5.10 Å². The summed E-state index contributed by atoms with van der Waals surface area (Å²) in [6.07, 6.45) is 3.00. The molecule has 0 bridgehead atoms. The van der Waals surface area contributed by atoms with Crippen molar-refractivity contribution in [2.75, 3.05) is 7.11 Å². The largest absolute Gasteiger partial charge is 0.493 e. The molecule has 1 amide bonds. The summed E-state index contributed by atoms with van der Waals surface area (Å²) in [5.74, 6) is 0.684. The third-order valence-electron chi connectivity index (χ3n) is 3.89. The Balaban J connectivity index is 1.70. The average molecular weight is 475 g/mol. The Hall–Kier alpha value is -2.90. The molecular formula is C21H17BrClN3O3. The van der Waals surface area contributed by atoms with Gasteiger partial charge in [0.25, 0.3) is 5.91 Å². The highest BCUT2D eigenvalue weighted by Gasteiger charge is 2.11. The van der Waals surface area contributed by atoms with Gasteiger partial charge in [-0.15, -0.1) is 0 Å². The Morgan fingerprint density at radius 1 is 1.21 bits per heavy atom. The Bertz CT molecular complexity index is 1030. The molecule has 0 aliphatic carbocycles. The summed E-state index contributed by atoms with van der Waals surface area (Å²) < 4.78 is 12.0. The molecule has 29 heavy (non-hydrogen) atoms. The first-order valence-electron chi connectivity index (χ1n) is 8.56. The smallest absolute Gasteiger partial charge is 0.274 e. The number of nitrogens with zero attached hydrogens (tertiary/aromatic N) is 2. The zero-order chi connectivity index (χ0) is 20.6. The molecule has 6 nitrogen and oxygen atoms in total. The highest BCUT2D eigenvalue weighted by molar-refractivity contribution is 9.10. The maximum Gasteiger partial charge on any atom is 0.274 e. The van der Waals surface area contributed by atoms with Gasteiger partial charge in [-0.3, -0.25) is 4.79 Å². The van der Waals surface area contributed by atoms with E-state index in [1.54, 1.807) is 31.4 Å². The van der Waals surface area contributed by atoms with E-state index in [1.807, 2.05) is 30.3 Å². The second-order valence-corrected chi connectivity index (χ2v) is 7.05. The third-order valence-corrected chi connectivity index (χ3v) is 4.88. The molecule has 148 valence electrons. The molecule has 3 aromatic rings. The summed E-state index contributed by atoms with van der Waals surface area (Å²) in [7, 11) is 1.56. The molecule has 0 saturated heterocycles. The third kappa shape index (κ3) is 5.56. The first-order valence-corrected chi connectivity index (χ1v) is 9.73. The molecule has 0 fully saturated rings. The average Bonchev–Trinajstić information content (AvgIpc) is 2.74. The number of amides is 1. The molecule has 0 spiro atoms. The number of hydrogen-bond donors (Lipinski definition) is 1. The van der Waals surface area contributed by atoms with Crippen LogP contribution in [0.15, 0.2) is 70.4 Å². The fourth-order valence-corrected chi connectivity index (χ4v) is 3.06. The Labute approximate surface area is 181 Å². The normalized spacial score (nSPS) is 10.7. The number of carbonyl (C=O) groups excluding carboxylic acids is 1. The van der Waals surface area contributed by atoms with E-state index < -0.39 is 5.91 Å². The van der Waals surface area contributed by atoms with Crippen LogP contribution in [-0.2, 0) is 6.61 Å². The lowest BCUT2D eigenvalue weighted by atomic mass is 10.2. The summed E-state index contributed by atoms with van der Waals surface area (Å²) in [6, 6.07) is 16.6. The summed E-state index contributed by atoms with van der Waals surface area (Å²) >= 11 is 9.40. The van der Waals surface area contributed by atoms with E-state index in [1.165, 1.54) is 12.4 Å². The Kier molecular flexibility index (Phi) is 7.21. The van der Waals surface area contributed by atoms with E-state index in [4.69, 9.17) is 21.1 Å². The number of ether oxygens (including phenoxy) is 2. The molecule has 0 atom stereocenters. The van der Waals surface area contributed by atoms with E-state index in [0.717, 1.165) is 10.0 Å². The number of carbonyl (C=O) groups is 1. The maximum absolute atomic E-state index is 12.1. The van der Waals surface area contributed by atoms with Crippen molar-refractivity contribution in [1.82, 2.24) is 10.4 Å². The van der Waals surface area contributed by atoms with Crippen LogP contribution >= 0.6 is 27.5 Å². The van der Waals surface area contributed by atoms with Gasteiger partial charge < -0.3 is 9.47 Å². The molecule has 0 radical (unpaired) electrons. The van der Waals surface area contributed by atoms with Crippen molar-refractivity contribution < 1.29 is 14.3 Å². The molecule has 1 N–H and O–H groups in total. The highest BCUT2D eigenvalue weighted by atomic mass is 79.9. The van der Waals surface area contributed by atoms with Crippen molar-refractivity contribution in [3.05, 3.63) is 87.1 Å². The zero-order valence-corrected chi connectivity index (χ0v) is 17.8. The minimum Gasteiger partial charge on any atom is -0.493 e. The van der Waals surface area contributed by atoms with Crippen LogP contribution in [0, 0.1) is 0 Å². The van der Waals surface area contributed by atoms with Gasteiger partial charge in [0, 0.05) is 16.2 Å². The zero-order valence-electron chi connectivity index (χ0n) is 15.4. The summed E-state index contributed by atoms with van der Waals surface area (Å²) in [6.45, 7) is 0.416. The predicted molar refractivity (Wildman–Crippen MR) is 116 cm³/mol. The lowest BCUT2D eigenvalue weighted by Crippen LogP contribution is -2.18. The standard InChI is InChI=1S/C21H17BrClN3O3/c1-28-18-10-15(12-25-26-21(27)16-8-5-9-24-20(16)23)17(22)11-19(18)29-13-14-6-3-2-4-7-14/h2-12H,13H2,1H3,(H,26,27). The van der Waals surface area contributed by atoms with Crippen molar-refractivity contribution in [2.45, 2.75) is 6.61 Å². The lowest BCUT2D eigenvalue weighted by molar-refractivity contribution is 0.0955. The maximum atomic E-state index is 12.1. The van der Waals surface area contributed by atoms with Crippen LogP contribution in [0.4, 0.5) is 0 Å². The minimum atomic E-state index is -0.453. The van der Waals surface area contributed by atoms with E-state index in [2.05, 4.69) is 31.4 Å². The lowest BCUT2D eigenvalue weighted by Gasteiger charge is -2.12. The number of benzene rings is 2. The van der Waals surface area contributed by atoms with Crippen molar-refractivity contribution in [3.8, 4) is 11.5 Å². The monoisotopic (exact) mass is 473 g/mol.